The minimum atomic E-state index is -0.508. The van der Waals surface area contributed by atoms with Gasteiger partial charge in [-0.05, 0) is 41.5 Å². The smallest absolute Gasteiger partial charge is 0.410 e. The molecule has 0 atom stereocenters. The molecule has 0 aliphatic heterocycles. The maximum Gasteiger partial charge on any atom is 0.410 e. The summed E-state index contributed by atoms with van der Waals surface area (Å²) in [5, 5.41) is 2.61. The fourth-order valence-corrected chi connectivity index (χ4v) is 1.93. The molecule has 0 fully saturated rings. The molecule has 0 rings (SSSR count). The number of amides is 2. The predicted molar refractivity (Wildman–Crippen MR) is 116 cm³/mol. The van der Waals surface area contributed by atoms with Crippen molar-refractivity contribution in [1.29, 1.82) is 0 Å². The monoisotopic (exact) mass is 450 g/mol. The summed E-state index contributed by atoms with van der Waals surface area (Å²) in [6, 6.07) is 0. The SMILES string of the molecule is CN(CCOCCOCCOCCOCCNC(=O)OC(C)(C)C)C(=O)OC(C)(C)C. The Balaban J connectivity index is 3.35. The molecule has 0 spiro atoms. The molecule has 10 heteroatoms. The highest BCUT2D eigenvalue weighted by molar-refractivity contribution is 5.68. The van der Waals surface area contributed by atoms with Crippen LogP contribution in [-0.4, -0.2) is 101 Å². The number of carbonyl (C=O) groups is 2. The van der Waals surface area contributed by atoms with Crippen LogP contribution in [0.25, 0.3) is 0 Å². The normalized spacial score (nSPS) is 11.8. The highest BCUT2D eigenvalue weighted by Crippen LogP contribution is 2.08. The van der Waals surface area contributed by atoms with Gasteiger partial charge in [0.25, 0.3) is 0 Å². The van der Waals surface area contributed by atoms with Crippen LogP contribution in [0.15, 0.2) is 0 Å². The molecule has 0 radical (unpaired) electrons. The highest BCUT2D eigenvalue weighted by Gasteiger charge is 2.19. The zero-order valence-corrected chi connectivity index (χ0v) is 20.3. The molecule has 0 aliphatic carbocycles. The van der Waals surface area contributed by atoms with E-state index in [2.05, 4.69) is 5.32 Å². The van der Waals surface area contributed by atoms with Crippen LogP contribution < -0.4 is 5.32 Å². The Hall–Kier alpha value is -1.62. The molecule has 0 heterocycles. The number of hydrogen-bond donors (Lipinski definition) is 1. The Morgan fingerprint density at radius 1 is 0.677 bits per heavy atom. The first-order valence-corrected chi connectivity index (χ1v) is 10.6. The van der Waals surface area contributed by atoms with E-state index in [9.17, 15) is 9.59 Å². The predicted octanol–water partition coefficient (Wildman–Crippen LogP) is 2.44. The average molecular weight is 451 g/mol. The molecular weight excluding hydrogens is 408 g/mol. The molecule has 0 unspecified atom stereocenters. The van der Waals surface area contributed by atoms with Crippen molar-refractivity contribution in [3.05, 3.63) is 0 Å². The van der Waals surface area contributed by atoms with Crippen LogP contribution in [0.3, 0.4) is 0 Å². The maximum absolute atomic E-state index is 11.8. The van der Waals surface area contributed by atoms with Crippen LogP contribution in [0.1, 0.15) is 41.5 Å². The van der Waals surface area contributed by atoms with E-state index in [1.54, 1.807) is 7.05 Å². The second-order valence-electron chi connectivity index (χ2n) is 8.78. The van der Waals surface area contributed by atoms with E-state index in [1.165, 1.54) is 4.90 Å². The summed E-state index contributed by atoms with van der Waals surface area (Å²) in [5.41, 5.74) is -1.02. The summed E-state index contributed by atoms with van der Waals surface area (Å²) in [5.74, 6) is 0. The van der Waals surface area contributed by atoms with Gasteiger partial charge in [0.1, 0.15) is 11.2 Å². The van der Waals surface area contributed by atoms with Crippen LogP contribution in [-0.2, 0) is 28.4 Å². The van der Waals surface area contributed by atoms with Crippen LogP contribution in [0.4, 0.5) is 9.59 Å². The Morgan fingerprint density at radius 3 is 1.55 bits per heavy atom. The lowest BCUT2D eigenvalue weighted by Crippen LogP contribution is -2.36. The number of ether oxygens (including phenoxy) is 6. The van der Waals surface area contributed by atoms with E-state index in [0.717, 1.165) is 0 Å². The second kappa shape index (κ2) is 16.1. The largest absolute Gasteiger partial charge is 0.444 e. The van der Waals surface area contributed by atoms with Gasteiger partial charge in [-0.25, -0.2) is 9.59 Å². The van der Waals surface area contributed by atoms with Crippen LogP contribution in [0.2, 0.25) is 0 Å². The van der Waals surface area contributed by atoms with Gasteiger partial charge in [-0.15, -0.1) is 0 Å². The molecule has 0 bridgehead atoms. The molecule has 0 saturated carbocycles. The molecule has 184 valence electrons. The van der Waals surface area contributed by atoms with E-state index in [1.807, 2.05) is 41.5 Å². The third-order valence-corrected chi connectivity index (χ3v) is 3.31. The van der Waals surface area contributed by atoms with Gasteiger partial charge in [0.15, 0.2) is 0 Å². The molecule has 2 amide bonds. The van der Waals surface area contributed by atoms with Gasteiger partial charge < -0.3 is 38.6 Å². The van der Waals surface area contributed by atoms with E-state index in [0.29, 0.717) is 65.9 Å². The molecule has 1 N–H and O–H groups in total. The van der Waals surface area contributed by atoms with Crippen molar-refractivity contribution >= 4 is 12.2 Å². The molecule has 10 nitrogen and oxygen atoms in total. The summed E-state index contributed by atoms with van der Waals surface area (Å²) in [7, 11) is 1.67. The summed E-state index contributed by atoms with van der Waals surface area (Å²) in [4.78, 5) is 24.7. The molecule has 0 saturated heterocycles. The van der Waals surface area contributed by atoms with Crippen molar-refractivity contribution in [3.63, 3.8) is 0 Å². The first-order valence-electron chi connectivity index (χ1n) is 10.6. The van der Waals surface area contributed by atoms with Crippen LogP contribution >= 0.6 is 0 Å². The maximum atomic E-state index is 11.8. The lowest BCUT2D eigenvalue weighted by atomic mass is 10.2. The molecule has 31 heavy (non-hydrogen) atoms. The lowest BCUT2D eigenvalue weighted by Gasteiger charge is -2.24. The van der Waals surface area contributed by atoms with Gasteiger partial charge in [0, 0.05) is 20.1 Å². The Labute approximate surface area is 186 Å². The number of carbonyl (C=O) groups excluding carboxylic acids is 2. The fourth-order valence-electron chi connectivity index (χ4n) is 1.93. The topological polar surface area (TPSA) is 105 Å². The quantitative estimate of drug-likeness (QED) is 0.379. The van der Waals surface area contributed by atoms with Crippen molar-refractivity contribution in [2.75, 3.05) is 73.0 Å². The van der Waals surface area contributed by atoms with Crippen LogP contribution in [0, 0.1) is 0 Å². The van der Waals surface area contributed by atoms with Gasteiger partial charge in [0.2, 0.25) is 0 Å². The third-order valence-electron chi connectivity index (χ3n) is 3.31. The number of rotatable bonds is 15. The first-order chi connectivity index (χ1) is 14.4. The van der Waals surface area contributed by atoms with Crippen molar-refractivity contribution in [1.82, 2.24) is 10.2 Å². The molecular formula is C21H42N2O8. The zero-order chi connectivity index (χ0) is 23.8. The number of alkyl carbamates (subject to hydrolysis) is 1. The van der Waals surface area contributed by atoms with E-state index >= 15 is 0 Å². The van der Waals surface area contributed by atoms with Gasteiger partial charge in [-0.1, -0.05) is 0 Å². The third kappa shape index (κ3) is 21.4. The number of hydrogen-bond acceptors (Lipinski definition) is 8. The van der Waals surface area contributed by atoms with Crippen molar-refractivity contribution in [2.24, 2.45) is 0 Å². The van der Waals surface area contributed by atoms with Gasteiger partial charge in [-0.3, -0.25) is 0 Å². The lowest BCUT2D eigenvalue weighted by molar-refractivity contribution is -0.00571. The molecule has 0 aromatic heterocycles. The Bertz CT molecular complexity index is 489. The van der Waals surface area contributed by atoms with Gasteiger partial charge >= 0.3 is 12.2 Å². The average Bonchev–Trinajstić information content (AvgIpc) is 2.61. The summed E-state index contributed by atoms with van der Waals surface area (Å²) in [6.07, 6.45) is -0.823. The van der Waals surface area contributed by atoms with E-state index in [4.69, 9.17) is 28.4 Å². The molecule has 0 aromatic carbocycles. The Morgan fingerprint density at radius 2 is 1.10 bits per heavy atom. The summed E-state index contributed by atoms with van der Waals surface area (Å²) in [6.45, 7) is 15.2. The van der Waals surface area contributed by atoms with E-state index in [-0.39, 0.29) is 6.09 Å². The highest BCUT2D eigenvalue weighted by atomic mass is 16.6. The first kappa shape index (κ1) is 29.4. The Kier molecular flexibility index (Phi) is 15.2. The molecule has 0 aliphatic rings. The second-order valence-corrected chi connectivity index (χ2v) is 8.78. The number of nitrogens with one attached hydrogen (secondary N) is 1. The molecule has 0 aromatic rings. The van der Waals surface area contributed by atoms with Crippen LogP contribution in [0.5, 0.6) is 0 Å². The number of likely N-dealkylation sites (N-methyl/N-ethyl adjacent to an activating group) is 1. The summed E-state index contributed by atoms with van der Waals surface area (Å²) >= 11 is 0. The fraction of sp³-hybridized carbons (Fsp3) is 0.905. The van der Waals surface area contributed by atoms with E-state index < -0.39 is 17.3 Å². The van der Waals surface area contributed by atoms with Gasteiger partial charge in [0.05, 0.1) is 52.9 Å². The van der Waals surface area contributed by atoms with Gasteiger partial charge in [-0.2, -0.15) is 0 Å². The number of nitrogens with zero attached hydrogens (tertiary/aromatic N) is 1. The van der Waals surface area contributed by atoms with Crippen molar-refractivity contribution in [3.8, 4) is 0 Å². The van der Waals surface area contributed by atoms with Crippen molar-refractivity contribution < 1.29 is 38.0 Å². The standard InChI is InChI=1S/C21H42N2O8/c1-20(2,3)30-18(24)22-8-10-26-12-14-28-16-17-29-15-13-27-11-9-23(7)19(25)31-21(4,5)6/h8-17H2,1-7H3,(H,22,24). The minimum absolute atomic E-state index is 0.368. The minimum Gasteiger partial charge on any atom is -0.444 e. The van der Waals surface area contributed by atoms with Crippen molar-refractivity contribution in [2.45, 2.75) is 52.7 Å². The zero-order valence-electron chi connectivity index (χ0n) is 20.3. The summed E-state index contributed by atoms with van der Waals surface area (Å²) < 4.78 is 32.0.